The molecule has 2 unspecified atom stereocenters. The molecule has 2 saturated heterocycles. The highest BCUT2D eigenvalue weighted by Crippen LogP contribution is 2.27. The van der Waals surface area contributed by atoms with Crippen LogP contribution in [0.5, 0.6) is 0 Å². The summed E-state index contributed by atoms with van der Waals surface area (Å²) < 4.78 is 1.68. The van der Waals surface area contributed by atoms with Crippen molar-refractivity contribution in [2.75, 3.05) is 13.7 Å². The topological polar surface area (TPSA) is 139 Å². The van der Waals surface area contributed by atoms with Crippen molar-refractivity contribution in [2.45, 2.75) is 128 Å². The van der Waals surface area contributed by atoms with E-state index in [-0.39, 0.29) is 29.9 Å². The van der Waals surface area contributed by atoms with Gasteiger partial charge in [-0.15, -0.1) is 0 Å². The van der Waals surface area contributed by atoms with Crippen LogP contribution in [0.4, 0.5) is 0 Å². The third-order valence-corrected chi connectivity index (χ3v) is 9.54. The molecule has 3 heterocycles. The van der Waals surface area contributed by atoms with E-state index in [2.05, 4.69) is 22.0 Å². The van der Waals surface area contributed by atoms with Gasteiger partial charge in [0, 0.05) is 25.5 Å². The molecule has 5 atom stereocenters. The molecule has 0 radical (unpaired) electrons. The second-order valence-electron chi connectivity index (χ2n) is 12.9. The third-order valence-electron chi connectivity index (χ3n) is 9.54. The molecule has 0 bridgehead atoms. The van der Waals surface area contributed by atoms with Crippen LogP contribution in [0.2, 0.25) is 0 Å². The van der Waals surface area contributed by atoms with Gasteiger partial charge in [0.2, 0.25) is 17.7 Å². The Labute approximate surface area is 266 Å². The summed E-state index contributed by atoms with van der Waals surface area (Å²) in [6, 6.07) is -3.61. The summed E-state index contributed by atoms with van der Waals surface area (Å²) in [6.07, 6.45) is 14.4. The van der Waals surface area contributed by atoms with Gasteiger partial charge in [-0.3, -0.25) is 24.1 Å². The normalized spacial score (nSPS) is 26.1. The second-order valence-corrected chi connectivity index (χ2v) is 12.9. The number of aldehydes is 1. The molecule has 0 aromatic carbocycles. The lowest BCUT2D eigenvalue weighted by Crippen LogP contribution is -2.66. The van der Waals surface area contributed by atoms with E-state index in [1.807, 2.05) is 37.9 Å². The van der Waals surface area contributed by atoms with Crippen LogP contribution >= 0.6 is 0 Å². The summed E-state index contributed by atoms with van der Waals surface area (Å²) in [5.41, 5.74) is 2.89. The van der Waals surface area contributed by atoms with Crippen molar-refractivity contribution in [1.29, 1.82) is 0 Å². The SMILES string of the molecule is CCC(=O)CCCCC[C@@H]1NC(=O)[C@H]2CCCCN2C(C=O)C(C(C)C)NC(=O)[C@H](Cc2cn(OC)c3c2CCC=C3)NC1=O. The molecular formula is C34H51N5O6. The molecule has 3 N–H and O–H groups in total. The summed E-state index contributed by atoms with van der Waals surface area (Å²) in [5.74, 6) is -0.941. The maximum atomic E-state index is 14.1. The monoisotopic (exact) mass is 625 g/mol. The van der Waals surface area contributed by atoms with Gasteiger partial charge in [-0.05, 0) is 68.2 Å². The van der Waals surface area contributed by atoms with Crippen LogP contribution in [0.3, 0.4) is 0 Å². The van der Waals surface area contributed by atoms with E-state index in [9.17, 15) is 24.0 Å². The number of nitrogens with zero attached hydrogens (tertiary/aromatic N) is 2. The Morgan fingerprint density at radius 1 is 1.04 bits per heavy atom. The Bertz CT molecular complexity index is 1260. The van der Waals surface area contributed by atoms with Crippen LogP contribution < -0.4 is 20.8 Å². The zero-order valence-electron chi connectivity index (χ0n) is 27.3. The van der Waals surface area contributed by atoms with Gasteiger partial charge >= 0.3 is 0 Å². The van der Waals surface area contributed by atoms with E-state index in [1.165, 1.54) is 0 Å². The summed E-state index contributed by atoms with van der Waals surface area (Å²) in [5, 5.41) is 9.11. The Balaban J connectivity index is 1.66. The summed E-state index contributed by atoms with van der Waals surface area (Å²) >= 11 is 0. The number of hydrogen-bond donors (Lipinski definition) is 3. The van der Waals surface area contributed by atoms with Crippen molar-refractivity contribution in [3.05, 3.63) is 29.1 Å². The lowest BCUT2D eigenvalue weighted by atomic mass is 9.90. The Morgan fingerprint density at radius 2 is 1.80 bits per heavy atom. The number of rotatable bonds is 12. The third kappa shape index (κ3) is 8.42. The highest BCUT2D eigenvalue weighted by atomic mass is 16.6. The molecule has 2 fully saturated rings. The number of piperidine rings is 1. The number of carbonyl (C=O) groups is 5. The molecular weight excluding hydrogens is 574 g/mol. The van der Waals surface area contributed by atoms with Gasteiger partial charge in [-0.25, -0.2) is 0 Å². The zero-order valence-corrected chi connectivity index (χ0v) is 27.3. The molecule has 3 aliphatic rings. The zero-order chi connectivity index (χ0) is 32.5. The number of ketones is 1. The highest BCUT2D eigenvalue weighted by Gasteiger charge is 2.41. The second kappa shape index (κ2) is 16.2. The highest BCUT2D eigenvalue weighted by molar-refractivity contribution is 5.94. The number of fused-ring (bicyclic) bond motifs is 2. The number of unbranched alkanes of at least 4 members (excludes halogenated alkanes) is 2. The van der Waals surface area contributed by atoms with E-state index >= 15 is 0 Å². The molecule has 0 spiro atoms. The van der Waals surface area contributed by atoms with E-state index in [4.69, 9.17) is 4.84 Å². The smallest absolute Gasteiger partial charge is 0.243 e. The van der Waals surface area contributed by atoms with Gasteiger partial charge in [0.15, 0.2) is 0 Å². The fraction of sp³-hybridized carbons (Fsp3) is 0.676. The largest absolute Gasteiger partial charge is 0.417 e. The van der Waals surface area contributed by atoms with Gasteiger partial charge in [0.25, 0.3) is 0 Å². The lowest BCUT2D eigenvalue weighted by Gasteiger charge is -2.43. The van der Waals surface area contributed by atoms with Gasteiger partial charge in [0.05, 0.1) is 23.8 Å². The average molecular weight is 626 g/mol. The summed E-state index contributed by atoms with van der Waals surface area (Å²) in [7, 11) is 1.59. The van der Waals surface area contributed by atoms with Crippen molar-refractivity contribution in [2.24, 2.45) is 5.92 Å². The van der Waals surface area contributed by atoms with Crippen molar-refractivity contribution in [1.82, 2.24) is 25.6 Å². The summed E-state index contributed by atoms with van der Waals surface area (Å²) in [6.45, 7) is 6.30. The first-order valence-corrected chi connectivity index (χ1v) is 16.8. The number of carbonyl (C=O) groups excluding carboxylic acids is 5. The number of amides is 3. The van der Waals surface area contributed by atoms with Crippen LogP contribution in [-0.4, -0.2) is 83.3 Å². The minimum Gasteiger partial charge on any atom is -0.417 e. The number of aromatic nitrogens is 1. The molecule has 248 valence electrons. The molecule has 0 saturated carbocycles. The van der Waals surface area contributed by atoms with Gasteiger partial charge in [-0.1, -0.05) is 46.1 Å². The molecule has 1 aromatic rings. The molecule has 1 aromatic heterocycles. The maximum Gasteiger partial charge on any atom is 0.243 e. The van der Waals surface area contributed by atoms with Crippen LogP contribution in [0.25, 0.3) is 6.08 Å². The van der Waals surface area contributed by atoms with Gasteiger partial charge in [0.1, 0.15) is 31.3 Å². The molecule has 2 aliphatic heterocycles. The molecule has 1 aliphatic carbocycles. The van der Waals surface area contributed by atoms with Crippen LogP contribution in [0.15, 0.2) is 12.3 Å². The first-order valence-electron chi connectivity index (χ1n) is 16.8. The van der Waals surface area contributed by atoms with E-state index < -0.39 is 36.1 Å². The summed E-state index contributed by atoms with van der Waals surface area (Å²) in [4.78, 5) is 73.7. The molecule has 3 amide bonds. The molecule has 11 nitrogen and oxygen atoms in total. The lowest BCUT2D eigenvalue weighted by molar-refractivity contribution is -0.138. The molecule has 45 heavy (non-hydrogen) atoms. The van der Waals surface area contributed by atoms with Crippen LogP contribution in [-0.2, 0) is 36.8 Å². The number of allylic oxidation sites excluding steroid dienone is 1. The molecule has 4 rings (SSSR count). The predicted molar refractivity (Wildman–Crippen MR) is 171 cm³/mol. The Morgan fingerprint density at radius 3 is 2.51 bits per heavy atom. The number of nitrogens with one attached hydrogen (secondary N) is 3. The standard InChI is InChI=1S/C34H51N5O6/c1-5-24(41)13-7-6-8-15-26-32(42)36-27(19-23-20-39(45-4)28-16-10-9-14-25(23)28)33(43)37-31(22(2)3)30(21-40)38-18-12-11-17-29(38)34(44)35-26/h10,16,20-22,26-27,29-31H,5-9,11-15,17-19H2,1-4H3,(H,35,44)(H,36,42)(H,37,43)/t26-,27-,29+,30?,31?/m0/s1. The van der Waals surface area contributed by atoms with Gasteiger partial charge < -0.3 is 25.6 Å². The van der Waals surface area contributed by atoms with E-state index in [0.717, 1.165) is 61.6 Å². The van der Waals surface area contributed by atoms with Crippen molar-refractivity contribution in [3.8, 4) is 0 Å². The molecule has 11 heteroatoms. The van der Waals surface area contributed by atoms with E-state index in [0.29, 0.717) is 38.6 Å². The van der Waals surface area contributed by atoms with Gasteiger partial charge in [-0.2, -0.15) is 4.73 Å². The first-order chi connectivity index (χ1) is 21.7. The Kier molecular flexibility index (Phi) is 12.4. The predicted octanol–water partition coefficient (Wildman–Crippen LogP) is 2.52. The fourth-order valence-corrected chi connectivity index (χ4v) is 6.93. The quantitative estimate of drug-likeness (QED) is 0.240. The fourth-order valence-electron chi connectivity index (χ4n) is 6.93. The average Bonchev–Trinajstić information content (AvgIpc) is 3.40. The van der Waals surface area contributed by atoms with Crippen molar-refractivity contribution < 1.29 is 28.8 Å². The van der Waals surface area contributed by atoms with Crippen molar-refractivity contribution in [3.63, 3.8) is 0 Å². The van der Waals surface area contributed by atoms with Crippen LogP contribution in [0.1, 0.15) is 102 Å². The Hall–Kier alpha value is -3.47. The number of Topliss-reactive ketones (excluding diaryl/α,β-unsaturated/α-hetero) is 1. The minimum atomic E-state index is -0.938. The number of hydrogen-bond acceptors (Lipinski definition) is 7. The first kappa shape index (κ1) is 34.4. The van der Waals surface area contributed by atoms with Crippen molar-refractivity contribution >= 4 is 35.9 Å². The maximum absolute atomic E-state index is 14.1. The van der Waals surface area contributed by atoms with Crippen LogP contribution in [0, 0.1) is 5.92 Å². The minimum absolute atomic E-state index is 0.103. The van der Waals surface area contributed by atoms with E-state index in [1.54, 1.807) is 11.8 Å².